The Morgan fingerprint density at radius 1 is 1.36 bits per heavy atom. The first-order valence-corrected chi connectivity index (χ1v) is 8.17. The number of guanidine groups is 1. The van der Waals surface area contributed by atoms with E-state index in [1.54, 1.807) is 12.4 Å². The summed E-state index contributed by atoms with van der Waals surface area (Å²) < 4.78 is 0.722. The first kappa shape index (κ1) is 17.6. The fourth-order valence-corrected chi connectivity index (χ4v) is 2.90. The van der Waals surface area contributed by atoms with Gasteiger partial charge in [0.05, 0.1) is 40.6 Å². The Kier molecular flexibility index (Phi) is 5.50. The van der Waals surface area contributed by atoms with Crippen molar-refractivity contribution in [2.24, 2.45) is 4.99 Å². The predicted octanol–water partition coefficient (Wildman–Crippen LogP) is 1.40. The van der Waals surface area contributed by atoms with Crippen LogP contribution in [0, 0.1) is 0 Å². The van der Waals surface area contributed by atoms with Crippen LogP contribution in [0.3, 0.4) is 0 Å². The van der Waals surface area contributed by atoms with E-state index in [2.05, 4.69) is 41.0 Å². The number of benzene rings is 1. The van der Waals surface area contributed by atoms with E-state index < -0.39 is 5.39 Å². The van der Waals surface area contributed by atoms with E-state index in [1.807, 2.05) is 12.1 Å². The van der Waals surface area contributed by atoms with Gasteiger partial charge in [-0.1, -0.05) is 0 Å². The Hall–Kier alpha value is -2.18. The normalized spacial score (nSPS) is 14.2. The first-order valence-electron chi connectivity index (χ1n) is 7.38. The zero-order valence-corrected chi connectivity index (χ0v) is 14.5. The van der Waals surface area contributed by atoms with Gasteiger partial charge in [0.25, 0.3) is 0 Å². The van der Waals surface area contributed by atoms with Crippen LogP contribution >= 0.6 is 15.9 Å². The minimum atomic E-state index is -0.419. The van der Waals surface area contributed by atoms with E-state index in [-0.39, 0.29) is 18.9 Å². The van der Waals surface area contributed by atoms with Crippen molar-refractivity contribution in [3.8, 4) is 0 Å². The van der Waals surface area contributed by atoms with Crippen LogP contribution < -0.4 is 5.32 Å². The van der Waals surface area contributed by atoms with Gasteiger partial charge in [-0.2, -0.15) is 0 Å². The third-order valence-electron chi connectivity index (χ3n) is 3.49. The molecule has 2 aromatic rings. The smallest absolute Gasteiger partial charge is 0.231 e. The van der Waals surface area contributed by atoms with Crippen LogP contribution in [0.4, 0.5) is 5.69 Å². The number of nitrogens with zero attached hydrogens (tertiary/aromatic N) is 5. The lowest BCUT2D eigenvalue weighted by atomic mass is 10.2. The maximum Gasteiger partial charge on any atom is 0.231 e. The number of carbonyl (C=O) groups is 1. The van der Waals surface area contributed by atoms with Crippen LogP contribution in [0.5, 0.6) is 0 Å². The molecule has 3 rings (SSSR count). The van der Waals surface area contributed by atoms with E-state index in [0.717, 1.165) is 9.99 Å². The van der Waals surface area contributed by atoms with Gasteiger partial charge in [0.2, 0.25) is 11.9 Å². The Morgan fingerprint density at radius 2 is 2.16 bits per heavy atom. The number of anilines is 1. The highest BCUT2D eigenvalue weighted by molar-refractivity contribution is 9.10. The average Bonchev–Trinajstić information content (AvgIpc) is 3.05. The molecule has 0 fully saturated rings. The third kappa shape index (κ3) is 4.08. The number of aliphatic imine (C=N–C) groups is 1. The molecule has 1 aliphatic heterocycles. The van der Waals surface area contributed by atoms with Crippen LogP contribution in [0.1, 0.15) is 6.42 Å². The summed E-state index contributed by atoms with van der Waals surface area (Å²) in [5.74, 6) is 0.168. The molecule has 1 aliphatic rings. The SMILES string of the molecule is O=C(CCON(O)O)N1CCN=C1Nc1ccc2nccnc2c1Br. The molecule has 1 aromatic carbocycles. The molecule has 0 aliphatic carbocycles. The number of amides is 1. The topological polar surface area (TPSA) is 123 Å². The molecule has 0 saturated heterocycles. The number of hydrogen-bond donors (Lipinski definition) is 3. The number of nitrogens with one attached hydrogen (secondary N) is 1. The molecule has 0 saturated carbocycles. The van der Waals surface area contributed by atoms with Gasteiger partial charge in [0.1, 0.15) is 5.52 Å². The quantitative estimate of drug-likeness (QED) is 0.631. The van der Waals surface area contributed by atoms with Crippen LogP contribution in [0.15, 0.2) is 34.0 Å². The second kappa shape index (κ2) is 7.80. The zero-order valence-electron chi connectivity index (χ0n) is 13.0. The van der Waals surface area contributed by atoms with Crippen molar-refractivity contribution in [2.75, 3.05) is 25.0 Å². The van der Waals surface area contributed by atoms with Gasteiger partial charge < -0.3 is 5.32 Å². The third-order valence-corrected chi connectivity index (χ3v) is 4.29. The van der Waals surface area contributed by atoms with Crippen molar-refractivity contribution in [3.05, 3.63) is 29.0 Å². The number of hydrogen-bond acceptors (Lipinski definition) is 9. The summed E-state index contributed by atoms with van der Waals surface area (Å²) in [7, 11) is 0. The van der Waals surface area contributed by atoms with Crippen molar-refractivity contribution in [2.45, 2.75) is 6.42 Å². The maximum absolute atomic E-state index is 12.2. The molecule has 3 N–H and O–H groups in total. The van der Waals surface area contributed by atoms with E-state index >= 15 is 0 Å². The molecule has 0 unspecified atom stereocenters. The number of aromatic nitrogens is 2. The monoisotopic (exact) mass is 410 g/mol. The van der Waals surface area contributed by atoms with Gasteiger partial charge in [-0.15, -0.1) is 0 Å². The minimum Gasteiger partial charge on any atom is -0.325 e. The van der Waals surface area contributed by atoms with Crippen molar-refractivity contribution in [3.63, 3.8) is 0 Å². The summed E-state index contributed by atoms with van der Waals surface area (Å²) in [6, 6.07) is 3.64. The van der Waals surface area contributed by atoms with Crippen LogP contribution in [0.25, 0.3) is 11.0 Å². The van der Waals surface area contributed by atoms with E-state index in [0.29, 0.717) is 30.3 Å². The number of halogens is 1. The highest BCUT2D eigenvalue weighted by Gasteiger charge is 2.24. The van der Waals surface area contributed by atoms with E-state index in [4.69, 9.17) is 10.4 Å². The molecular formula is C14H15BrN6O4. The largest absolute Gasteiger partial charge is 0.325 e. The number of fused-ring (bicyclic) bond motifs is 1. The van der Waals surface area contributed by atoms with Gasteiger partial charge in [0, 0.05) is 18.9 Å². The molecule has 0 atom stereocenters. The lowest BCUT2D eigenvalue weighted by Crippen LogP contribution is -2.39. The lowest BCUT2D eigenvalue weighted by Gasteiger charge is -2.20. The zero-order chi connectivity index (χ0) is 17.8. The second-order valence-corrected chi connectivity index (χ2v) is 5.86. The van der Waals surface area contributed by atoms with Gasteiger partial charge in [0.15, 0.2) is 0 Å². The summed E-state index contributed by atoms with van der Waals surface area (Å²) in [6.45, 7) is 0.755. The van der Waals surface area contributed by atoms with Crippen molar-refractivity contribution in [1.82, 2.24) is 20.3 Å². The second-order valence-electron chi connectivity index (χ2n) is 5.06. The van der Waals surface area contributed by atoms with Crippen molar-refractivity contribution >= 4 is 44.5 Å². The molecule has 2 heterocycles. The molecule has 25 heavy (non-hydrogen) atoms. The summed E-state index contributed by atoms with van der Waals surface area (Å²) in [6.07, 6.45) is 3.19. The molecular weight excluding hydrogens is 396 g/mol. The van der Waals surface area contributed by atoms with Gasteiger partial charge in [-0.05, 0) is 28.1 Å². The van der Waals surface area contributed by atoms with Crippen LogP contribution in [0.2, 0.25) is 0 Å². The minimum absolute atomic E-state index is 0.0251. The summed E-state index contributed by atoms with van der Waals surface area (Å²) in [5, 5.41) is 19.7. The van der Waals surface area contributed by atoms with Crippen molar-refractivity contribution < 1.29 is 20.0 Å². The van der Waals surface area contributed by atoms with Gasteiger partial charge in [-0.3, -0.25) is 39.9 Å². The molecule has 1 amide bonds. The highest BCUT2D eigenvalue weighted by atomic mass is 79.9. The molecule has 0 bridgehead atoms. The molecule has 132 valence electrons. The summed E-state index contributed by atoms with van der Waals surface area (Å²) in [5.41, 5.74) is 2.15. The Bertz CT molecular complexity index is 815. The van der Waals surface area contributed by atoms with Crippen LogP contribution in [-0.2, 0) is 9.63 Å². The Labute approximate surface area is 150 Å². The average molecular weight is 411 g/mol. The Balaban J connectivity index is 1.71. The predicted molar refractivity (Wildman–Crippen MR) is 90.9 cm³/mol. The van der Waals surface area contributed by atoms with Crippen LogP contribution in [-0.4, -0.2) is 62.2 Å². The molecule has 10 nitrogen and oxygen atoms in total. The fraction of sp³-hybridized carbons (Fsp3) is 0.286. The number of rotatable bonds is 5. The molecule has 1 aromatic heterocycles. The molecule has 0 spiro atoms. The van der Waals surface area contributed by atoms with E-state index in [1.165, 1.54) is 4.90 Å². The number of carbonyl (C=O) groups excluding carboxylic acids is 1. The molecule has 0 radical (unpaired) electrons. The van der Waals surface area contributed by atoms with Crippen molar-refractivity contribution in [1.29, 1.82) is 0 Å². The fourth-order valence-electron chi connectivity index (χ4n) is 2.37. The highest BCUT2D eigenvalue weighted by Crippen LogP contribution is 2.29. The maximum atomic E-state index is 12.2. The molecule has 11 heteroatoms. The summed E-state index contributed by atoms with van der Waals surface area (Å²) >= 11 is 3.50. The van der Waals surface area contributed by atoms with Gasteiger partial charge in [-0.25, -0.2) is 0 Å². The Morgan fingerprint density at radius 3 is 2.96 bits per heavy atom. The first-order chi connectivity index (χ1) is 12.1. The lowest BCUT2D eigenvalue weighted by molar-refractivity contribution is -0.491. The summed E-state index contributed by atoms with van der Waals surface area (Å²) in [4.78, 5) is 30.9. The standard InChI is InChI=1S/C14H15BrN6O4/c15-12-9(1-2-10-13(12)17-5-4-16-10)19-14-18-6-7-20(14)11(22)3-8-25-21(23)24/h1-2,4-5,23-24H,3,6-8H2,(H,18,19). The van der Waals surface area contributed by atoms with E-state index in [9.17, 15) is 4.79 Å². The van der Waals surface area contributed by atoms with Gasteiger partial charge >= 0.3 is 0 Å².